The van der Waals surface area contributed by atoms with Crippen LogP contribution < -0.4 is 10.6 Å². The fourth-order valence-corrected chi connectivity index (χ4v) is 2.36. The van der Waals surface area contributed by atoms with Gasteiger partial charge in [-0.05, 0) is 19.6 Å². The van der Waals surface area contributed by atoms with E-state index in [4.69, 9.17) is 0 Å². The number of thioether (sulfide) groups is 1. The van der Waals surface area contributed by atoms with Crippen LogP contribution in [0.25, 0.3) is 0 Å². The van der Waals surface area contributed by atoms with Gasteiger partial charge in [0.15, 0.2) is 0 Å². The summed E-state index contributed by atoms with van der Waals surface area (Å²) in [5, 5.41) is 16.7. The predicted molar refractivity (Wildman–Crippen MR) is 85.0 cm³/mol. The number of carbonyl (C=O) groups excluding carboxylic acids is 1. The van der Waals surface area contributed by atoms with Gasteiger partial charge < -0.3 is 10.6 Å². The second-order valence-electron chi connectivity index (χ2n) is 4.41. The van der Waals surface area contributed by atoms with Gasteiger partial charge in [-0.3, -0.25) is 14.9 Å². The van der Waals surface area contributed by atoms with E-state index in [0.717, 1.165) is 17.7 Å². The molecule has 116 valence electrons. The molecule has 2 N–H and O–H groups in total. The number of nitro groups is 1. The van der Waals surface area contributed by atoms with Gasteiger partial charge in [0.1, 0.15) is 17.6 Å². The number of anilines is 1. The molecular formula is C13H20N4O3S. The zero-order chi connectivity index (χ0) is 15.8. The highest BCUT2D eigenvalue weighted by Crippen LogP contribution is 2.20. The molecule has 0 spiro atoms. The van der Waals surface area contributed by atoms with Crippen LogP contribution in [0.5, 0.6) is 0 Å². The number of nitrogens with one attached hydrogen (secondary N) is 2. The molecule has 8 heteroatoms. The highest BCUT2D eigenvalue weighted by atomic mass is 32.2. The van der Waals surface area contributed by atoms with Crippen molar-refractivity contribution >= 4 is 29.2 Å². The third-order valence-electron chi connectivity index (χ3n) is 2.63. The minimum Gasteiger partial charge on any atom is -0.370 e. The molecule has 0 saturated heterocycles. The van der Waals surface area contributed by atoms with E-state index in [2.05, 4.69) is 15.6 Å². The third-order valence-corrected chi connectivity index (χ3v) is 3.78. The molecular weight excluding hydrogens is 292 g/mol. The maximum absolute atomic E-state index is 12.2. The minimum atomic E-state index is -0.594. The van der Waals surface area contributed by atoms with Gasteiger partial charge in [0.25, 0.3) is 11.6 Å². The summed E-state index contributed by atoms with van der Waals surface area (Å²) in [6, 6.07) is 1.36. The van der Waals surface area contributed by atoms with Gasteiger partial charge >= 0.3 is 0 Å². The summed E-state index contributed by atoms with van der Waals surface area (Å²) in [5.41, 5.74) is -0.260. The van der Waals surface area contributed by atoms with Gasteiger partial charge in [-0.15, -0.1) is 0 Å². The van der Waals surface area contributed by atoms with Gasteiger partial charge in [-0.25, -0.2) is 4.98 Å². The van der Waals surface area contributed by atoms with E-state index in [9.17, 15) is 14.9 Å². The average Bonchev–Trinajstić information content (AvgIpc) is 2.45. The monoisotopic (exact) mass is 312 g/mol. The molecule has 0 aliphatic carbocycles. The van der Waals surface area contributed by atoms with Crippen molar-refractivity contribution in [3.8, 4) is 0 Å². The molecule has 21 heavy (non-hydrogen) atoms. The van der Waals surface area contributed by atoms with Gasteiger partial charge in [0.05, 0.1) is 4.92 Å². The minimum absolute atomic E-state index is 0.0271. The van der Waals surface area contributed by atoms with E-state index in [1.54, 1.807) is 11.8 Å². The average molecular weight is 312 g/mol. The molecule has 1 atom stereocenters. The number of nitrogens with zero attached hydrogens (tertiary/aromatic N) is 2. The first-order valence-electron chi connectivity index (χ1n) is 6.76. The van der Waals surface area contributed by atoms with Crippen molar-refractivity contribution in [3.63, 3.8) is 0 Å². The quantitative estimate of drug-likeness (QED) is 0.564. The second kappa shape index (κ2) is 8.46. The van der Waals surface area contributed by atoms with Crippen LogP contribution in [0.2, 0.25) is 0 Å². The predicted octanol–water partition coefficient (Wildman–Crippen LogP) is 2.29. The summed E-state index contributed by atoms with van der Waals surface area (Å²) < 4.78 is 0. The van der Waals surface area contributed by atoms with Crippen LogP contribution in [-0.4, -0.2) is 39.9 Å². The summed E-state index contributed by atoms with van der Waals surface area (Å²) in [6.45, 7) is 6.41. The molecule has 0 bridgehead atoms. The van der Waals surface area contributed by atoms with Crippen molar-refractivity contribution in [2.75, 3.05) is 23.4 Å². The number of pyridine rings is 1. The Labute approximate surface area is 128 Å². The molecule has 0 radical (unpaired) electrons. The summed E-state index contributed by atoms with van der Waals surface area (Å²) in [6.07, 6.45) is 1.11. The molecule has 1 amide bonds. The molecule has 0 aliphatic rings. The Morgan fingerprint density at radius 2 is 2.24 bits per heavy atom. The van der Waals surface area contributed by atoms with Gasteiger partial charge in [-0.1, -0.05) is 6.92 Å². The molecule has 1 heterocycles. The smallest absolute Gasteiger partial charge is 0.300 e. The molecule has 0 fully saturated rings. The number of aromatic nitrogens is 1. The second-order valence-corrected chi connectivity index (χ2v) is 5.73. The van der Waals surface area contributed by atoms with Gasteiger partial charge in [0, 0.05) is 24.4 Å². The highest BCUT2D eigenvalue weighted by molar-refractivity contribution is 7.99. The van der Waals surface area contributed by atoms with Crippen LogP contribution in [0, 0.1) is 10.1 Å². The summed E-state index contributed by atoms with van der Waals surface area (Å²) in [5.74, 6) is 1.72. The largest absolute Gasteiger partial charge is 0.370 e. The van der Waals surface area contributed by atoms with Crippen molar-refractivity contribution in [3.05, 3.63) is 27.9 Å². The van der Waals surface area contributed by atoms with Crippen LogP contribution in [-0.2, 0) is 0 Å². The number of hydrogen-bond acceptors (Lipinski definition) is 6. The molecule has 7 nitrogen and oxygen atoms in total. The Morgan fingerprint density at radius 3 is 2.81 bits per heavy atom. The Bertz CT molecular complexity index is 510. The van der Waals surface area contributed by atoms with Gasteiger partial charge in [0.2, 0.25) is 0 Å². The Balaban J connectivity index is 2.94. The van der Waals surface area contributed by atoms with Crippen LogP contribution in [0.3, 0.4) is 0 Å². The summed E-state index contributed by atoms with van der Waals surface area (Å²) in [7, 11) is 0. The Hall–Kier alpha value is -1.83. The molecule has 1 rings (SSSR count). The van der Waals surface area contributed by atoms with Crippen molar-refractivity contribution in [1.29, 1.82) is 0 Å². The van der Waals surface area contributed by atoms with E-state index in [0.29, 0.717) is 12.4 Å². The third kappa shape index (κ3) is 5.22. The molecule has 0 aliphatic heterocycles. The zero-order valence-electron chi connectivity index (χ0n) is 12.4. The Morgan fingerprint density at radius 1 is 1.52 bits per heavy atom. The first-order chi connectivity index (χ1) is 9.99. The lowest BCUT2D eigenvalue weighted by Crippen LogP contribution is -2.34. The lowest BCUT2D eigenvalue weighted by molar-refractivity contribution is -0.385. The fraction of sp³-hybridized carbons (Fsp3) is 0.538. The maximum atomic E-state index is 12.2. The van der Waals surface area contributed by atoms with Crippen molar-refractivity contribution in [1.82, 2.24) is 10.3 Å². The number of amides is 1. The van der Waals surface area contributed by atoms with E-state index >= 15 is 0 Å². The van der Waals surface area contributed by atoms with Gasteiger partial charge in [-0.2, -0.15) is 11.8 Å². The summed E-state index contributed by atoms with van der Waals surface area (Å²) >= 11 is 1.70. The zero-order valence-corrected chi connectivity index (χ0v) is 13.2. The molecule has 0 aromatic carbocycles. The first kappa shape index (κ1) is 17.2. The first-order valence-corrected chi connectivity index (χ1v) is 7.91. The van der Waals surface area contributed by atoms with Crippen LogP contribution >= 0.6 is 11.8 Å². The van der Waals surface area contributed by atoms with Crippen molar-refractivity contribution < 1.29 is 9.72 Å². The highest BCUT2D eigenvalue weighted by Gasteiger charge is 2.22. The fourth-order valence-electron chi connectivity index (χ4n) is 1.69. The van der Waals surface area contributed by atoms with E-state index < -0.39 is 10.8 Å². The van der Waals surface area contributed by atoms with Crippen LogP contribution in [0.4, 0.5) is 11.5 Å². The lowest BCUT2D eigenvalue weighted by Gasteiger charge is -2.13. The molecule has 0 saturated carbocycles. The number of rotatable bonds is 8. The van der Waals surface area contributed by atoms with E-state index in [1.165, 1.54) is 6.07 Å². The van der Waals surface area contributed by atoms with Crippen LogP contribution in [0.15, 0.2) is 12.3 Å². The normalized spacial score (nSPS) is 11.8. The van der Waals surface area contributed by atoms with Crippen molar-refractivity contribution in [2.24, 2.45) is 0 Å². The maximum Gasteiger partial charge on any atom is 0.300 e. The van der Waals surface area contributed by atoms with E-state index in [-0.39, 0.29) is 17.3 Å². The topological polar surface area (TPSA) is 97.2 Å². The molecule has 1 aromatic heterocycles. The SMILES string of the molecule is CCNc1cc(C(=O)NC(C)CSCC)c([N+](=O)[O-])cn1. The number of carbonyl (C=O) groups is 1. The number of hydrogen-bond donors (Lipinski definition) is 2. The lowest BCUT2D eigenvalue weighted by atomic mass is 10.2. The van der Waals surface area contributed by atoms with E-state index in [1.807, 2.05) is 20.8 Å². The molecule has 1 unspecified atom stereocenters. The molecule has 1 aromatic rings. The van der Waals surface area contributed by atoms with Crippen LogP contribution in [0.1, 0.15) is 31.1 Å². The Kier molecular flexibility index (Phi) is 6.93. The summed E-state index contributed by atoms with van der Waals surface area (Å²) in [4.78, 5) is 26.6. The standard InChI is InChI=1S/C13H20N4O3S/c1-4-14-12-6-10(11(7-15-12)17(19)20)13(18)16-9(3)8-21-5-2/h6-7,9H,4-5,8H2,1-3H3,(H,14,15)(H,16,18). The van der Waals surface area contributed by atoms with Crippen molar-refractivity contribution in [2.45, 2.75) is 26.8 Å².